The molecule has 0 atom stereocenters. The molecule has 1 amide bonds. The summed E-state index contributed by atoms with van der Waals surface area (Å²) in [6, 6.07) is 9.99. The van der Waals surface area contributed by atoms with Crippen LogP contribution < -0.4 is 10.0 Å². The number of aromatic nitrogens is 2. The maximum Gasteiger partial charge on any atom is 0.262 e. The molecule has 7 nitrogen and oxygen atoms in total. The number of carbonyl (C=O) groups is 1. The predicted octanol–water partition coefficient (Wildman–Crippen LogP) is 6.67. The Hall–Kier alpha value is -3.34. The maximum atomic E-state index is 15.4. The first kappa shape index (κ1) is 26.7. The average molecular weight is 565 g/mol. The second-order valence-corrected chi connectivity index (χ2v) is 11.7. The molecule has 0 fully saturated rings. The molecule has 4 rings (SSSR count). The molecule has 2 N–H and O–H groups in total. The lowest BCUT2D eigenvalue weighted by atomic mass is 9.96. The van der Waals surface area contributed by atoms with Crippen LogP contribution in [0.4, 0.5) is 20.4 Å². The lowest BCUT2D eigenvalue weighted by molar-refractivity contribution is -0.123. The van der Waals surface area contributed by atoms with Crippen molar-refractivity contribution < 1.29 is 22.0 Å². The summed E-state index contributed by atoms with van der Waals surface area (Å²) in [7, 11) is -4.29. The zero-order valence-corrected chi connectivity index (χ0v) is 22.1. The number of nitrogens with one attached hydrogen (secondary N) is 2. The van der Waals surface area contributed by atoms with Gasteiger partial charge in [0.05, 0.1) is 21.7 Å². The van der Waals surface area contributed by atoms with E-state index in [0.29, 0.717) is 10.9 Å². The molecule has 0 spiro atoms. The van der Waals surface area contributed by atoms with Crippen LogP contribution >= 0.6 is 23.2 Å². The van der Waals surface area contributed by atoms with Crippen LogP contribution in [0.15, 0.2) is 59.6 Å². The monoisotopic (exact) mass is 564 g/mol. The van der Waals surface area contributed by atoms with Gasteiger partial charge in [0.15, 0.2) is 5.82 Å². The van der Waals surface area contributed by atoms with Crippen molar-refractivity contribution in [2.24, 2.45) is 5.41 Å². The van der Waals surface area contributed by atoms with Crippen LogP contribution in [-0.4, -0.2) is 24.3 Å². The highest BCUT2D eigenvalue weighted by molar-refractivity contribution is 7.92. The first-order valence-corrected chi connectivity index (χ1v) is 13.0. The highest BCUT2D eigenvalue weighted by Crippen LogP contribution is 2.34. The number of rotatable bonds is 5. The van der Waals surface area contributed by atoms with Crippen LogP contribution in [0.3, 0.4) is 0 Å². The van der Waals surface area contributed by atoms with E-state index >= 15 is 4.39 Å². The molecule has 0 radical (unpaired) electrons. The first-order chi connectivity index (χ1) is 17.2. The Morgan fingerprint density at radius 1 is 0.973 bits per heavy atom. The molecule has 0 bridgehead atoms. The minimum atomic E-state index is -4.29. The summed E-state index contributed by atoms with van der Waals surface area (Å²) in [5, 5.41) is 3.23. The number of amides is 1. The van der Waals surface area contributed by atoms with Gasteiger partial charge in [0.25, 0.3) is 10.0 Å². The summed E-state index contributed by atoms with van der Waals surface area (Å²) in [5.41, 5.74) is -1.01. The molecule has 0 unspecified atom stereocenters. The van der Waals surface area contributed by atoms with Crippen molar-refractivity contribution >= 4 is 61.7 Å². The van der Waals surface area contributed by atoms with Crippen LogP contribution in [-0.2, 0) is 14.8 Å². The van der Waals surface area contributed by atoms with Crippen LogP contribution in [0.25, 0.3) is 22.0 Å². The van der Waals surface area contributed by atoms with Crippen LogP contribution in [0.5, 0.6) is 0 Å². The quantitative estimate of drug-likeness (QED) is 0.282. The van der Waals surface area contributed by atoms with Crippen LogP contribution in [0.2, 0.25) is 10.0 Å². The second-order valence-electron chi connectivity index (χ2n) is 9.17. The fourth-order valence-electron chi connectivity index (χ4n) is 3.32. The highest BCUT2D eigenvalue weighted by atomic mass is 35.5. The Morgan fingerprint density at radius 3 is 2.30 bits per heavy atom. The summed E-state index contributed by atoms with van der Waals surface area (Å²) < 4.78 is 57.9. The molecule has 0 aliphatic rings. The number of anilines is 2. The second kappa shape index (κ2) is 9.85. The molecule has 1 heterocycles. The maximum absolute atomic E-state index is 15.4. The molecule has 12 heteroatoms. The van der Waals surface area contributed by atoms with E-state index in [0.717, 1.165) is 24.3 Å². The average Bonchev–Trinajstić information content (AvgIpc) is 2.80. The predicted molar refractivity (Wildman–Crippen MR) is 140 cm³/mol. The van der Waals surface area contributed by atoms with Gasteiger partial charge in [0, 0.05) is 27.0 Å². The van der Waals surface area contributed by atoms with Gasteiger partial charge in [-0.05, 0) is 48.0 Å². The van der Waals surface area contributed by atoms with Gasteiger partial charge in [-0.3, -0.25) is 14.8 Å². The number of sulfonamides is 1. The molecular weight excluding hydrogens is 545 g/mol. The Balaban J connectivity index is 1.69. The molecular formula is C25H20Cl2F2N4O3S. The van der Waals surface area contributed by atoms with Gasteiger partial charge in [0.2, 0.25) is 11.9 Å². The Morgan fingerprint density at radius 2 is 1.65 bits per heavy atom. The molecule has 0 aliphatic carbocycles. The standard InChI is InChI=1S/C25H20Cl2F2N4O3S/c1-25(2,3)23(34)32-24-30-12-14-8-13(4-6-19(14)31-24)21-18(28)5-7-20(22(21)29)33-37(35,36)17-10-15(26)9-16(27)11-17/h4-12,33H,1-3H3,(H,30,31,32,34). The molecule has 192 valence electrons. The van der Waals surface area contributed by atoms with Gasteiger partial charge in [-0.15, -0.1) is 0 Å². The molecule has 0 saturated carbocycles. The van der Waals surface area contributed by atoms with Crippen molar-refractivity contribution in [1.82, 2.24) is 9.97 Å². The van der Waals surface area contributed by atoms with E-state index in [9.17, 15) is 17.6 Å². The summed E-state index contributed by atoms with van der Waals surface area (Å²) in [6.07, 6.45) is 1.41. The fourth-order valence-corrected chi connectivity index (χ4v) is 5.11. The van der Waals surface area contributed by atoms with Crippen molar-refractivity contribution in [1.29, 1.82) is 0 Å². The zero-order chi connectivity index (χ0) is 27.1. The summed E-state index contributed by atoms with van der Waals surface area (Å²) in [4.78, 5) is 20.3. The number of halogens is 4. The third kappa shape index (κ3) is 5.82. The number of benzene rings is 3. The summed E-state index contributed by atoms with van der Waals surface area (Å²) >= 11 is 11.8. The fraction of sp³-hybridized carbons (Fsp3) is 0.160. The minimum Gasteiger partial charge on any atom is -0.294 e. The molecule has 1 aromatic heterocycles. The molecule has 3 aromatic carbocycles. The largest absolute Gasteiger partial charge is 0.294 e. The van der Waals surface area contributed by atoms with E-state index in [1.54, 1.807) is 20.8 Å². The third-order valence-electron chi connectivity index (χ3n) is 5.26. The van der Waals surface area contributed by atoms with Gasteiger partial charge in [0.1, 0.15) is 5.82 Å². The normalized spacial score (nSPS) is 12.0. The summed E-state index contributed by atoms with van der Waals surface area (Å²) in [5.74, 6) is -2.20. The Labute approximate surface area is 221 Å². The van der Waals surface area contributed by atoms with E-state index in [2.05, 4.69) is 20.0 Å². The number of hydrogen-bond acceptors (Lipinski definition) is 5. The van der Waals surface area contributed by atoms with E-state index in [4.69, 9.17) is 23.2 Å². The van der Waals surface area contributed by atoms with Crippen LogP contribution in [0.1, 0.15) is 20.8 Å². The van der Waals surface area contributed by atoms with E-state index < -0.39 is 38.3 Å². The molecule has 0 aliphatic heterocycles. The summed E-state index contributed by atoms with van der Waals surface area (Å²) in [6.45, 7) is 5.24. The van der Waals surface area contributed by atoms with E-state index in [1.165, 1.54) is 30.5 Å². The molecule has 0 saturated heterocycles. The number of hydrogen-bond donors (Lipinski definition) is 2. The Kier molecular flexibility index (Phi) is 7.11. The van der Waals surface area contributed by atoms with Gasteiger partial charge in [-0.2, -0.15) is 0 Å². The van der Waals surface area contributed by atoms with Crippen molar-refractivity contribution in [3.8, 4) is 11.1 Å². The number of nitrogens with zero attached hydrogens (tertiary/aromatic N) is 2. The zero-order valence-electron chi connectivity index (χ0n) is 19.7. The SMILES string of the molecule is CC(C)(C)C(=O)Nc1ncc2cc(-c3c(F)ccc(NS(=O)(=O)c4cc(Cl)cc(Cl)c4)c3F)ccc2n1. The van der Waals surface area contributed by atoms with Crippen molar-refractivity contribution in [2.75, 3.05) is 10.0 Å². The Bertz CT molecular complexity index is 1640. The van der Waals surface area contributed by atoms with Crippen LogP contribution in [0, 0.1) is 17.0 Å². The topological polar surface area (TPSA) is 101 Å². The van der Waals surface area contributed by atoms with E-state index in [1.807, 2.05) is 0 Å². The molecule has 4 aromatic rings. The minimum absolute atomic E-state index is 0.0765. The molecule has 37 heavy (non-hydrogen) atoms. The van der Waals surface area contributed by atoms with Crippen molar-refractivity contribution in [2.45, 2.75) is 25.7 Å². The first-order valence-electron chi connectivity index (χ1n) is 10.8. The van der Waals surface area contributed by atoms with E-state index in [-0.39, 0.29) is 32.4 Å². The third-order valence-corrected chi connectivity index (χ3v) is 7.04. The smallest absolute Gasteiger partial charge is 0.262 e. The van der Waals surface area contributed by atoms with Gasteiger partial charge in [-0.25, -0.2) is 27.2 Å². The van der Waals surface area contributed by atoms with Crippen molar-refractivity contribution in [3.63, 3.8) is 0 Å². The number of carbonyl (C=O) groups excluding carboxylic acids is 1. The van der Waals surface area contributed by atoms with Gasteiger partial charge >= 0.3 is 0 Å². The number of fused-ring (bicyclic) bond motifs is 1. The lowest BCUT2D eigenvalue weighted by Gasteiger charge is -2.16. The van der Waals surface area contributed by atoms with Gasteiger partial charge < -0.3 is 0 Å². The highest BCUT2D eigenvalue weighted by Gasteiger charge is 2.23. The lowest BCUT2D eigenvalue weighted by Crippen LogP contribution is -2.28. The van der Waals surface area contributed by atoms with Crippen molar-refractivity contribution in [3.05, 3.63) is 76.4 Å². The van der Waals surface area contributed by atoms with Gasteiger partial charge in [-0.1, -0.05) is 50.0 Å².